The van der Waals surface area contributed by atoms with E-state index >= 15 is 8.78 Å². The molecule has 2 aliphatic rings. The van der Waals surface area contributed by atoms with Crippen molar-refractivity contribution in [2.24, 2.45) is 11.8 Å². The van der Waals surface area contributed by atoms with Crippen molar-refractivity contribution in [1.82, 2.24) is 0 Å². The van der Waals surface area contributed by atoms with E-state index in [9.17, 15) is 13.2 Å². The van der Waals surface area contributed by atoms with Gasteiger partial charge in [0.15, 0.2) is 0 Å². The van der Waals surface area contributed by atoms with Crippen molar-refractivity contribution >= 4 is 11.6 Å². The Kier molecular flexibility index (Phi) is 8.23. The second kappa shape index (κ2) is 11.5. The Bertz CT molecular complexity index is 1270. The molecule has 0 amide bonds. The molecule has 0 atom stereocenters. The molecule has 39 heavy (non-hydrogen) atoms. The van der Waals surface area contributed by atoms with Gasteiger partial charge < -0.3 is 4.74 Å². The summed E-state index contributed by atoms with van der Waals surface area (Å²) >= 11 is 5.64. The molecule has 7 heteroatoms. The van der Waals surface area contributed by atoms with E-state index in [2.05, 4.69) is 31.2 Å². The van der Waals surface area contributed by atoms with Gasteiger partial charge in [-0.3, -0.25) is 0 Å². The van der Waals surface area contributed by atoms with Gasteiger partial charge in [0.1, 0.15) is 23.2 Å². The van der Waals surface area contributed by atoms with Crippen molar-refractivity contribution in [3.05, 3.63) is 88.2 Å². The van der Waals surface area contributed by atoms with Gasteiger partial charge >= 0.3 is 6.11 Å². The molecule has 1 nitrogen and oxygen atoms in total. The lowest BCUT2D eigenvalue weighted by Gasteiger charge is -2.33. The van der Waals surface area contributed by atoms with E-state index in [0.29, 0.717) is 30.9 Å². The van der Waals surface area contributed by atoms with Crippen LogP contribution >= 0.6 is 11.6 Å². The SMILES string of the molecule is CC1CCC(c2ccc(C3CCC(C(F)(F)Oc4cc(F)c(-c5ccc(Cl)c(F)c5)c(F)c4)CC3)cc2)CC1. The van der Waals surface area contributed by atoms with Crippen molar-refractivity contribution < 1.29 is 26.7 Å². The van der Waals surface area contributed by atoms with Crippen LogP contribution < -0.4 is 4.74 Å². The molecule has 0 aliphatic heterocycles. The molecule has 2 fully saturated rings. The standard InChI is InChI=1S/C32H32ClF5O/c1-19-2-4-20(5-3-19)21-6-8-22(9-7-21)23-10-13-25(14-11-23)32(37,38)39-26-17-29(35)31(30(36)18-26)24-12-15-27(33)28(34)16-24/h6-9,12,15-20,23,25H,2-5,10-11,13-14H2,1H3. The summed E-state index contributed by atoms with van der Waals surface area (Å²) in [5, 5.41) is -0.194. The molecule has 0 bridgehead atoms. The molecule has 2 saturated carbocycles. The highest BCUT2D eigenvalue weighted by atomic mass is 35.5. The van der Waals surface area contributed by atoms with Gasteiger partial charge in [0.2, 0.25) is 0 Å². The van der Waals surface area contributed by atoms with E-state index in [1.807, 2.05) is 0 Å². The predicted octanol–water partition coefficient (Wildman–Crippen LogP) is 10.7. The second-order valence-corrected chi connectivity index (χ2v) is 11.6. The normalized spacial score (nSPS) is 24.0. The zero-order chi connectivity index (χ0) is 27.7. The van der Waals surface area contributed by atoms with Crippen LogP contribution in [0.2, 0.25) is 5.02 Å². The first-order valence-electron chi connectivity index (χ1n) is 13.7. The van der Waals surface area contributed by atoms with Gasteiger partial charge in [-0.15, -0.1) is 0 Å². The summed E-state index contributed by atoms with van der Waals surface area (Å²) in [7, 11) is 0. The van der Waals surface area contributed by atoms with E-state index in [4.69, 9.17) is 16.3 Å². The van der Waals surface area contributed by atoms with Crippen molar-refractivity contribution in [3.63, 3.8) is 0 Å². The summed E-state index contributed by atoms with van der Waals surface area (Å²) in [5.74, 6) is -3.16. The maximum Gasteiger partial charge on any atom is 0.400 e. The fraction of sp³-hybridized carbons (Fsp3) is 0.438. The minimum absolute atomic E-state index is 0.0927. The van der Waals surface area contributed by atoms with E-state index < -0.39 is 40.8 Å². The molecule has 0 N–H and O–H groups in total. The molecule has 2 aliphatic carbocycles. The van der Waals surface area contributed by atoms with Gasteiger partial charge in [0, 0.05) is 12.1 Å². The van der Waals surface area contributed by atoms with Crippen LogP contribution in [0.1, 0.15) is 81.3 Å². The fourth-order valence-electron chi connectivity index (χ4n) is 6.17. The van der Waals surface area contributed by atoms with Crippen LogP contribution in [0.15, 0.2) is 54.6 Å². The smallest absolute Gasteiger partial charge is 0.400 e. The third kappa shape index (κ3) is 6.26. The highest BCUT2D eigenvalue weighted by Gasteiger charge is 2.44. The predicted molar refractivity (Wildman–Crippen MR) is 144 cm³/mol. The molecule has 5 rings (SSSR count). The summed E-state index contributed by atoms with van der Waals surface area (Å²) < 4.78 is 78.2. The van der Waals surface area contributed by atoms with Crippen LogP contribution in [-0.4, -0.2) is 6.11 Å². The van der Waals surface area contributed by atoms with Gasteiger partial charge in [-0.1, -0.05) is 61.7 Å². The number of hydrogen-bond donors (Lipinski definition) is 0. The van der Waals surface area contributed by atoms with Crippen molar-refractivity contribution in [2.45, 2.75) is 76.2 Å². The molecular weight excluding hydrogens is 531 g/mol. The van der Waals surface area contributed by atoms with Gasteiger partial charge in [0.25, 0.3) is 0 Å². The average Bonchev–Trinajstić information content (AvgIpc) is 2.91. The number of halogens is 6. The summed E-state index contributed by atoms with van der Waals surface area (Å²) in [5.41, 5.74) is 1.91. The Morgan fingerprint density at radius 3 is 1.72 bits per heavy atom. The number of rotatable bonds is 6. The van der Waals surface area contributed by atoms with E-state index in [0.717, 1.165) is 12.0 Å². The first-order chi connectivity index (χ1) is 18.6. The first kappa shape index (κ1) is 27.9. The number of benzene rings is 3. The van der Waals surface area contributed by atoms with E-state index in [1.165, 1.54) is 48.9 Å². The highest BCUT2D eigenvalue weighted by Crippen LogP contribution is 2.44. The summed E-state index contributed by atoms with van der Waals surface area (Å²) in [6, 6.07) is 13.4. The first-order valence-corrected chi connectivity index (χ1v) is 14.1. The second-order valence-electron chi connectivity index (χ2n) is 11.2. The van der Waals surface area contributed by atoms with Gasteiger partial charge in [-0.25, -0.2) is 13.2 Å². The Morgan fingerprint density at radius 2 is 1.21 bits per heavy atom. The molecule has 0 unspecified atom stereocenters. The van der Waals surface area contributed by atoms with Crippen molar-refractivity contribution in [2.75, 3.05) is 0 Å². The Morgan fingerprint density at radius 1 is 0.692 bits per heavy atom. The maximum absolute atomic E-state index is 15.1. The molecular formula is C32H32ClF5O. The number of alkyl halides is 2. The molecule has 0 spiro atoms. The lowest BCUT2D eigenvalue weighted by Crippen LogP contribution is -2.37. The van der Waals surface area contributed by atoms with Crippen LogP contribution in [0, 0.1) is 29.3 Å². The van der Waals surface area contributed by atoms with E-state index in [1.54, 1.807) is 0 Å². The highest BCUT2D eigenvalue weighted by molar-refractivity contribution is 6.30. The molecule has 0 saturated heterocycles. The number of ether oxygens (including phenoxy) is 1. The van der Waals surface area contributed by atoms with Gasteiger partial charge in [0.05, 0.1) is 16.5 Å². The third-order valence-corrected chi connectivity index (χ3v) is 8.88. The Labute approximate surface area is 231 Å². The summed E-state index contributed by atoms with van der Waals surface area (Å²) in [6.45, 7) is 2.31. The van der Waals surface area contributed by atoms with Gasteiger partial charge in [-0.05, 0) is 85.1 Å². The lowest BCUT2D eigenvalue weighted by atomic mass is 9.76. The van der Waals surface area contributed by atoms with Crippen LogP contribution in [0.3, 0.4) is 0 Å². The Balaban J connectivity index is 1.21. The molecule has 3 aromatic rings. The largest absolute Gasteiger partial charge is 0.432 e. The summed E-state index contributed by atoms with van der Waals surface area (Å²) in [4.78, 5) is 0. The zero-order valence-electron chi connectivity index (χ0n) is 21.8. The molecule has 0 radical (unpaired) electrons. The average molecular weight is 563 g/mol. The molecule has 3 aromatic carbocycles. The fourth-order valence-corrected chi connectivity index (χ4v) is 6.29. The van der Waals surface area contributed by atoms with Crippen molar-refractivity contribution in [3.8, 4) is 16.9 Å². The third-order valence-electron chi connectivity index (χ3n) is 8.58. The molecule has 0 aromatic heterocycles. The van der Waals surface area contributed by atoms with Crippen LogP contribution in [0.25, 0.3) is 11.1 Å². The Hall–Kier alpha value is -2.60. The van der Waals surface area contributed by atoms with Crippen LogP contribution in [0.4, 0.5) is 22.0 Å². The van der Waals surface area contributed by atoms with Crippen molar-refractivity contribution in [1.29, 1.82) is 0 Å². The zero-order valence-corrected chi connectivity index (χ0v) is 22.6. The lowest BCUT2D eigenvalue weighted by molar-refractivity contribution is -0.222. The van der Waals surface area contributed by atoms with Crippen LogP contribution in [0.5, 0.6) is 5.75 Å². The molecule has 208 valence electrons. The minimum atomic E-state index is -3.58. The number of hydrogen-bond acceptors (Lipinski definition) is 1. The molecule has 0 heterocycles. The van der Waals surface area contributed by atoms with E-state index in [-0.39, 0.29) is 29.3 Å². The quantitative estimate of drug-likeness (QED) is 0.271. The topological polar surface area (TPSA) is 9.23 Å². The summed E-state index contributed by atoms with van der Waals surface area (Å²) in [6.07, 6.45) is 3.05. The van der Waals surface area contributed by atoms with Gasteiger partial charge in [-0.2, -0.15) is 8.78 Å². The van der Waals surface area contributed by atoms with Crippen LogP contribution in [-0.2, 0) is 0 Å². The monoisotopic (exact) mass is 562 g/mol. The minimum Gasteiger partial charge on any atom is -0.432 e. The maximum atomic E-state index is 15.1.